The predicted octanol–water partition coefficient (Wildman–Crippen LogP) is 2.06. The Morgan fingerprint density at radius 1 is 1.28 bits per heavy atom. The maximum atomic E-state index is 12.4. The number of methoxy groups -OCH3 is 1. The number of halogens is 1. The van der Waals surface area contributed by atoms with E-state index in [4.69, 9.17) is 26.8 Å². The molecule has 3 amide bonds. The summed E-state index contributed by atoms with van der Waals surface area (Å²) in [5.41, 5.74) is 4.69. The minimum Gasteiger partial charge on any atom is -0.495 e. The average Bonchev–Trinajstić information content (AvgIpc) is 2.44. The third kappa shape index (κ3) is 7.30. The number of carbonyl (C=O) groups is 3. The third-order valence-corrected chi connectivity index (χ3v) is 3.07. The van der Waals surface area contributed by atoms with Gasteiger partial charge in [0.2, 0.25) is 11.8 Å². The number of benzene rings is 1. The van der Waals surface area contributed by atoms with Crippen LogP contribution in [0.3, 0.4) is 0 Å². The van der Waals surface area contributed by atoms with Gasteiger partial charge in [-0.2, -0.15) is 0 Å². The number of hydrogen-bond acceptors (Lipinski definition) is 5. The molecule has 0 aliphatic carbocycles. The van der Waals surface area contributed by atoms with Gasteiger partial charge in [-0.1, -0.05) is 11.6 Å². The fraction of sp³-hybridized carbons (Fsp3) is 0.438. The maximum Gasteiger partial charge on any atom is 0.408 e. The van der Waals surface area contributed by atoms with Gasteiger partial charge in [0, 0.05) is 5.02 Å². The molecule has 1 aromatic rings. The predicted molar refractivity (Wildman–Crippen MR) is 93.6 cm³/mol. The molecule has 1 atom stereocenters. The highest BCUT2D eigenvalue weighted by molar-refractivity contribution is 6.31. The Bertz CT molecular complexity index is 658. The molecule has 0 aromatic heterocycles. The Balaban J connectivity index is 2.92. The van der Waals surface area contributed by atoms with E-state index >= 15 is 0 Å². The van der Waals surface area contributed by atoms with Crippen LogP contribution in [0.25, 0.3) is 0 Å². The van der Waals surface area contributed by atoms with Crippen LogP contribution < -0.4 is 21.1 Å². The lowest BCUT2D eigenvalue weighted by molar-refractivity contribution is -0.124. The van der Waals surface area contributed by atoms with E-state index in [0.717, 1.165) is 0 Å². The van der Waals surface area contributed by atoms with Gasteiger partial charge in [0.25, 0.3) is 0 Å². The SMILES string of the molecule is COc1ccc(Cl)cc1NC(=O)[C@@H](CC(N)=O)NC(=O)OC(C)(C)C. The van der Waals surface area contributed by atoms with Crippen molar-refractivity contribution >= 4 is 35.2 Å². The van der Waals surface area contributed by atoms with Gasteiger partial charge in [-0.15, -0.1) is 0 Å². The summed E-state index contributed by atoms with van der Waals surface area (Å²) in [5, 5.41) is 5.26. The van der Waals surface area contributed by atoms with Gasteiger partial charge >= 0.3 is 6.09 Å². The molecule has 0 spiro atoms. The van der Waals surface area contributed by atoms with Crippen LogP contribution in [0.15, 0.2) is 18.2 Å². The van der Waals surface area contributed by atoms with Crippen molar-refractivity contribution in [2.45, 2.75) is 38.8 Å². The number of primary amides is 1. The number of rotatable bonds is 6. The van der Waals surface area contributed by atoms with Gasteiger partial charge in [0.1, 0.15) is 17.4 Å². The number of nitrogens with two attached hydrogens (primary N) is 1. The van der Waals surface area contributed by atoms with Crippen LogP contribution in [-0.4, -0.2) is 36.7 Å². The van der Waals surface area contributed by atoms with Crippen LogP contribution >= 0.6 is 11.6 Å². The minimum absolute atomic E-state index is 0.292. The van der Waals surface area contributed by atoms with Crippen LogP contribution in [0.4, 0.5) is 10.5 Å². The number of carbonyl (C=O) groups excluding carboxylic acids is 3. The summed E-state index contributed by atoms with van der Waals surface area (Å²) in [6.45, 7) is 5.02. The second-order valence-electron chi connectivity index (χ2n) is 6.20. The summed E-state index contributed by atoms with van der Waals surface area (Å²) in [4.78, 5) is 35.5. The number of hydrogen-bond donors (Lipinski definition) is 3. The molecule has 0 aliphatic heterocycles. The first kappa shape index (κ1) is 20.6. The minimum atomic E-state index is -1.21. The summed E-state index contributed by atoms with van der Waals surface area (Å²) in [6.07, 6.45) is -1.24. The van der Waals surface area contributed by atoms with E-state index in [2.05, 4.69) is 10.6 Å². The molecule has 4 N–H and O–H groups in total. The number of alkyl carbamates (subject to hydrolysis) is 1. The lowest BCUT2D eigenvalue weighted by atomic mass is 10.1. The molecule has 0 radical (unpaired) electrons. The Kier molecular flexibility index (Phi) is 7.05. The lowest BCUT2D eigenvalue weighted by Gasteiger charge is -2.23. The van der Waals surface area contributed by atoms with Crippen LogP contribution in [0, 0.1) is 0 Å². The van der Waals surface area contributed by atoms with E-state index in [0.29, 0.717) is 16.5 Å². The second kappa shape index (κ2) is 8.57. The van der Waals surface area contributed by atoms with Crippen molar-refractivity contribution in [1.82, 2.24) is 5.32 Å². The molecule has 0 saturated carbocycles. The fourth-order valence-electron chi connectivity index (χ4n) is 1.86. The summed E-state index contributed by atoms with van der Waals surface area (Å²) in [5.74, 6) is -1.05. The molecule has 138 valence electrons. The first-order valence-electron chi connectivity index (χ1n) is 7.44. The quantitative estimate of drug-likeness (QED) is 0.706. The monoisotopic (exact) mass is 371 g/mol. The number of ether oxygens (including phenoxy) is 2. The fourth-order valence-corrected chi connectivity index (χ4v) is 2.03. The van der Waals surface area contributed by atoms with Crippen LogP contribution in [-0.2, 0) is 14.3 Å². The van der Waals surface area contributed by atoms with E-state index in [1.807, 2.05) is 0 Å². The molecule has 1 aromatic carbocycles. The van der Waals surface area contributed by atoms with Crippen molar-refractivity contribution in [2.24, 2.45) is 5.73 Å². The van der Waals surface area contributed by atoms with Gasteiger partial charge in [0.15, 0.2) is 0 Å². The maximum absolute atomic E-state index is 12.4. The molecular weight excluding hydrogens is 350 g/mol. The highest BCUT2D eigenvalue weighted by atomic mass is 35.5. The molecule has 0 bridgehead atoms. The summed E-state index contributed by atoms with van der Waals surface area (Å²) in [6, 6.07) is 3.43. The highest BCUT2D eigenvalue weighted by Crippen LogP contribution is 2.27. The molecule has 9 heteroatoms. The van der Waals surface area contributed by atoms with E-state index < -0.39 is 36.0 Å². The van der Waals surface area contributed by atoms with Crippen LogP contribution in [0.5, 0.6) is 5.75 Å². The molecule has 0 saturated heterocycles. The smallest absolute Gasteiger partial charge is 0.408 e. The number of nitrogens with one attached hydrogen (secondary N) is 2. The summed E-state index contributed by atoms with van der Waals surface area (Å²) < 4.78 is 10.2. The third-order valence-electron chi connectivity index (χ3n) is 2.83. The summed E-state index contributed by atoms with van der Waals surface area (Å²) >= 11 is 5.91. The van der Waals surface area contributed by atoms with Crippen molar-refractivity contribution < 1.29 is 23.9 Å². The molecule has 0 fully saturated rings. The largest absolute Gasteiger partial charge is 0.495 e. The Morgan fingerprint density at radius 2 is 1.92 bits per heavy atom. The van der Waals surface area contributed by atoms with E-state index in [1.165, 1.54) is 13.2 Å². The van der Waals surface area contributed by atoms with Gasteiger partial charge in [-0.05, 0) is 39.0 Å². The molecule has 8 nitrogen and oxygen atoms in total. The van der Waals surface area contributed by atoms with Crippen molar-refractivity contribution in [3.63, 3.8) is 0 Å². The average molecular weight is 372 g/mol. The van der Waals surface area contributed by atoms with Crippen LogP contribution in [0.2, 0.25) is 5.02 Å². The first-order chi connectivity index (χ1) is 11.5. The molecule has 0 unspecified atom stereocenters. The van der Waals surface area contributed by atoms with E-state index in [9.17, 15) is 14.4 Å². The highest BCUT2D eigenvalue weighted by Gasteiger charge is 2.26. The molecule has 0 heterocycles. The zero-order valence-corrected chi connectivity index (χ0v) is 15.3. The Hall–Kier alpha value is -2.48. The van der Waals surface area contributed by atoms with E-state index in [-0.39, 0.29) is 0 Å². The van der Waals surface area contributed by atoms with Gasteiger partial charge in [-0.3, -0.25) is 9.59 Å². The number of amides is 3. The molecule has 1 rings (SSSR count). The van der Waals surface area contributed by atoms with Crippen molar-refractivity contribution in [3.8, 4) is 5.75 Å². The van der Waals surface area contributed by atoms with Gasteiger partial charge in [0.05, 0.1) is 19.2 Å². The molecule has 25 heavy (non-hydrogen) atoms. The zero-order chi connectivity index (χ0) is 19.2. The second-order valence-corrected chi connectivity index (χ2v) is 6.64. The first-order valence-corrected chi connectivity index (χ1v) is 7.82. The normalized spacial score (nSPS) is 12.0. The van der Waals surface area contributed by atoms with Crippen molar-refractivity contribution in [3.05, 3.63) is 23.2 Å². The molecule has 0 aliphatic rings. The number of anilines is 1. The summed E-state index contributed by atoms with van der Waals surface area (Å²) in [7, 11) is 1.43. The Morgan fingerprint density at radius 3 is 2.44 bits per heavy atom. The molecular formula is C16H22ClN3O5. The zero-order valence-electron chi connectivity index (χ0n) is 14.5. The lowest BCUT2D eigenvalue weighted by Crippen LogP contribution is -2.47. The van der Waals surface area contributed by atoms with Crippen molar-refractivity contribution in [2.75, 3.05) is 12.4 Å². The standard InChI is InChI=1S/C16H22ClN3O5/c1-16(2,3)25-15(23)20-11(8-13(18)21)14(22)19-10-7-9(17)5-6-12(10)24-4/h5-7,11H,8H2,1-4H3,(H2,18,21)(H,19,22)(H,20,23)/t11-/m1/s1. The van der Waals surface area contributed by atoms with Gasteiger partial charge in [-0.25, -0.2) is 4.79 Å². The van der Waals surface area contributed by atoms with E-state index in [1.54, 1.807) is 32.9 Å². The van der Waals surface area contributed by atoms with Crippen LogP contribution in [0.1, 0.15) is 27.2 Å². The topological polar surface area (TPSA) is 120 Å². The van der Waals surface area contributed by atoms with Crippen molar-refractivity contribution in [1.29, 1.82) is 0 Å². The Labute approximate surface area is 151 Å². The van der Waals surface area contributed by atoms with Gasteiger partial charge < -0.3 is 25.8 Å².